The first-order valence-electron chi connectivity index (χ1n) is 9.41. The van der Waals surface area contributed by atoms with Crippen LogP contribution in [0, 0.1) is 6.92 Å². The van der Waals surface area contributed by atoms with Crippen molar-refractivity contribution in [2.24, 2.45) is 0 Å². The maximum atomic E-state index is 12.6. The summed E-state index contributed by atoms with van der Waals surface area (Å²) in [6, 6.07) is 20.2. The van der Waals surface area contributed by atoms with E-state index in [1.54, 1.807) is 18.2 Å². The van der Waals surface area contributed by atoms with Gasteiger partial charge in [-0.05, 0) is 54.8 Å². The van der Waals surface area contributed by atoms with Crippen molar-refractivity contribution in [1.29, 1.82) is 0 Å². The Bertz CT molecular complexity index is 1060. The van der Waals surface area contributed by atoms with Crippen LogP contribution >= 0.6 is 0 Å². The molecule has 0 bridgehead atoms. The number of aryl methyl sites for hydroxylation is 1. The maximum absolute atomic E-state index is 12.6. The second-order valence-electron chi connectivity index (χ2n) is 6.88. The molecule has 0 saturated carbocycles. The number of rotatable bonds is 4. The Morgan fingerprint density at radius 1 is 1.00 bits per heavy atom. The van der Waals surface area contributed by atoms with Gasteiger partial charge in [0.15, 0.2) is 5.75 Å². The summed E-state index contributed by atoms with van der Waals surface area (Å²) in [5.74, 6) is 0.750. The Kier molecular flexibility index (Phi) is 5.16. The summed E-state index contributed by atoms with van der Waals surface area (Å²) in [6.45, 7) is 2.46. The number of carbonyl (C=O) groups is 2. The summed E-state index contributed by atoms with van der Waals surface area (Å²) >= 11 is 0. The molecule has 0 fully saturated rings. The van der Waals surface area contributed by atoms with Gasteiger partial charge in [-0.3, -0.25) is 4.79 Å². The van der Waals surface area contributed by atoms with Gasteiger partial charge in [-0.1, -0.05) is 36.4 Å². The van der Waals surface area contributed by atoms with E-state index in [9.17, 15) is 9.59 Å². The van der Waals surface area contributed by atoms with Crippen LogP contribution in [-0.4, -0.2) is 18.5 Å². The molecule has 0 aromatic heterocycles. The molecule has 146 valence electrons. The number of amides is 3. The molecule has 1 heterocycles. The van der Waals surface area contributed by atoms with Crippen molar-refractivity contribution in [2.75, 3.05) is 17.2 Å². The maximum Gasteiger partial charge on any atom is 0.319 e. The van der Waals surface area contributed by atoms with Gasteiger partial charge in [-0.2, -0.15) is 0 Å². The predicted octanol–water partition coefficient (Wildman–Crippen LogP) is 4.72. The topological polar surface area (TPSA) is 79.5 Å². The Morgan fingerprint density at radius 3 is 2.62 bits per heavy atom. The van der Waals surface area contributed by atoms with Crippen LogP contribution in [0.15, 0.2) is 66.7 Å². The van der Waals surface area contributed by atoms with E-state index in [1.165, 1.54) is 0 Å². The lowest BCUT2D eigenvalue weighted by Gasteiger charge is -2.11. The average Bonchev–Trinajstić information content (AvgIpc) is 2.84. The number of ether oxygens (including phenoxy) is 1. The number of nitrogens with one attached hydrogen (secondary N) is 3. The second-order valence-corrected chi connectivity index (χ2v) is 6.88. The number of fused-ring (bicyclic) bond motifs is 2. The third-order valence-electron chi connectivity index (χ3n) is 4.63. The molecule has 3 aromatic rings. The van der Waals surface area contributed by atoms with E-state index in [-0.39, 0.29) is 11.9 Å². The van der Waals surface area contributed by atoms with Gasteiger partial charge in [0, 0.05) is 12.2 Å². The number of urea groups is 1. The van der Waals surface area contributed by atoms with E-state index in [0.29, 0.717) is 35.0 Å². The lowest BCUT2D eigenvalue weighted by molar-refractivity contribution is 0.102. The fourth-order valence-electron chi connectivity index (χ4n) is 3.15. The molecule has 0 atom stereocenters. The summed E-state index contributed by atoms with van der Waals surface area (Å²) in [6.07, 6.45) is 0.742. The van der Waals surface area contributed by atoms with Crippen LogP contribution in [0.4, 0.5) is 16.2 Å². The predicted molar refractivity (Wildman–Crippen MR) is 113 cm³/mol. The van der Waals surface area contributed by atoms with Crippen molar-refractivity contribution in [3.05, 3.63) is 83.4 Å². The molecular formula is C23H21N3O3. The molecule has 0 aliphatic carbocycles. The minimum atomic E-state index is -0.324. The molecular weight excluding hydrogens is 366 g/mol. The highest BCUT2D eigenvalue weighted by Gasteiger charge is 2.21. The second kappa shape index (κ2) is 8.06. The van der Waals surface area contributed by atoms with Crippen LogP contribution in [0.3, 0.4) is 0 Å². The molecule has 4 rings (SSSR count). The number of anilines is 2. The molecule has 6 heteroatoms. The first kappa shape index (κ1) is 18.6. The number of hydrogen-bond acceptors (Lipinski definition) is 3. The standard InChI is InChI=1S/C23H21N3O3/c1-15-7-9-21-19(13-15)26-22(27)18-14-17(8-10-20(18)29-21)25-23(28)24-12-11-16-5-3-2-4-6-16/h2-10,13-14H,11-12H2,1H3,(H,26,27)(H2,24,25,28). The SMILES string of the molecule is Cc1ccc2c(c1)NC(=O)c1cc(NC(=O)NCCc3ccccc3)ccc1O2. The molecule has 3 amide bonds. The van der Waals surface area contributed by atoms with E-state index in [4.69, 9.17) is 4.74 Å². The van der Waals surface area contributed by atoms with Crippen molar-refractivity contribution in [1.82, 2.24) is 5.32 Å². The van der Waals surface area contributed by atoms with Gasteiger partial charge < -0.3 is 20.7 Å². The lowest BCUT2D eigenvalue weighted by Crippen LogP contribution is -2.30. The van der Waals surface area contributed by atoms with Crippen LogP contribution in [0.5, 0.6) is 11.5 Å². The van der Waals surface area contributed by atoms with E-state index < -0.39 is 0 Å². The van der Waals surface area contributed by atoms with Gasteiger partial charge >= 0.3 is 6.03 Å². The van der Waals surface area contributed by atoms with Gasteiger partial charge in [-0.15, -0.1) is 0 Å². The van der Waals surface area contributed by atoms with Crippen molar-refractivity contribution in [3.63, 3.8) is 0 Å². The van der Waals surface area contributed by atoms with Gasteiger partial charge in [-0.25, -0.2) is 4.79 Å². The van der Waals surface area contributed by atoms with Crippen molar-refractivity contribution >= 4 is 23.3 Å². The Morgan fingerprint density at radius 2 is 1.79 bits per heavy atom. The zero-order valence-electron chi connectivity index (χ0n) is 16.0. The van der Waals surface area contributed by atoms with Crippen molar-refractivity contribution in [3.8, 4) is 11.5 Å². The van der Waals surface area contributed by atoms with Crippen LogP contribution in [-0.2, 0) is 6.42 Å². The minimum Gasteiger partial charge on any atom is -0.454 e. The van der Waals surface area contributed by atoms with E-state index in [2.05, 4.69) is 16.0 Å². The Balaban J connectivity index is 1.42. The lowest BCUT2D eigenvalue weighted by atomic mass is 10.1. The third-order valence-corrected chi connectivity index (χ3v) is 4.63. The largest absolute Gasteiger partial charge is 0.454 e. The highest BCUT2D eigenvalue weighted by Crippen LogP contribution is 2.37. The van der Waals surface area contributed by atoms with Crippen molar-refractivity contribution < 1.29 is 14.3 Å². The monoisotopic (exact) mass is 387 g/mol. The van der Waals surface area contributed by atoms with Crippen LogP contribution < -0.4 is 20.7 Å². The smallest absolute Gasteiger partial charge is 0.319 e. The zero-order chi connectivity index (χ0) is 20.2. The molecule has 1 aliphatic heterocycles. The van der Waals surface area contributed by atoms with Crippen LogP contribution in [0.1, 0.15) is 21.5 Å². The Labute approximate surface area is 168 Å². The van der Waals surface area contributed by atoms with E-state index in [0.717, 1.165) is 17.5 Å². The van der Waals surface area contributed by atoms with Gasteiger partial charge in [0.2, 0.25) is 0 Å². The normalized spacial score (nSPS) is 12.0. The minimum absolute atomic E-state index is 0.280. The first-order valence-corrected chi connectivity index (χ1v) is 9.41. The summed E-state index contributed by atoms with van der Waals surface area (Å²) < 4.78 is 5.89. The van der Waals surface area contributed by atoms with Crippen molar-refractivity contribution in [2.45, 2.75) is 13.3 Å². The number of hydrogen-bond donors (Lipinski definition) is 3. The number of benzene rings is 3. The van der Waals surface area contributed by atoms with Gasteiger partial charge in [0.05, 0.1) is 11.3 Å². The highest BCUT2D eigenvalue weighted by atomic mass is 16.5. The Hall–Kier alpha value is -3.80. The molecule has 6 nitrogen and oxygen atoms in total. The molecule has 0 spiro atoms. The number of carbonyl (C=O) groups excluding carboxylic acids is 2. The fourth-order valence-corrected chi connectivity index (χ4v) is 3.15. The third kappa shape index (κ3) is 4.38. The average molecular weight is 387 g/mol. The molecule has 0 saturated heterocycles. The first-order chi connectivity index (χ1) is 14.1. The molecule has 3 N–H and O–H groups in total. The van der Waals surface area contributed by atoms with Gasteiger partial charge in [0.25, 0.3) is 5.91 Å². The summed E-state index contributed by atoms with van der Waals surface area (Å²) in [5.41, 5.74) is 3.68. The fraction of sp³-hybridized carbons (Fsp3) is 0.130. The van der Waals surface area contributed by atoms with Crippen LogP contribution in [0.2, 0.25) is 0 Å². The zero-order valence-corrected chi connectivity index (χ0v) is 16.0. The molecule has 29 heavy (non-hydrogen) atoms. The summed E-state index contributed by atoms with van der Waals surface area (Å²) in [4.78, 5) is 24.8. The quantitative estimate of drug-likeness (QED) is 0.606. The summed E-state index contributed by atoms with van der Waals surface area (Å²) in [5, 5.41) is 8.45. The molecule has 3 aromatic carbocycles. The van der Waals surface area contributed by atoms with Crippen LogP contribution in [0.25, 0.3) is 0 Å². The molecule has 0 radical (unpaired) electrons. The van der Waals surface area contributed by atoms with Gasteiger partial charge in [0.1, 0.15) is 5.75 Å². The molecule has 1 aliphatic rings. The summed E-state index contributed by atoms with van der Waals surface area (Å²) in [7, 11) is 0. The molecule has 0 unspecified atom stereocenters. The highest BCUT2D eigenvalue weighted by molar-refractivity contribution is 6.09. The van der Waals surface area contributed by atoms with E-state index in [1.807, 2.05) is 55.5 Å². The van der Waals surface area contributed by atoms with E-state index >= 15 is 0 Å².